The summed E-state index contributed by atoms with van der Waals surface area (Å²) in [4.78, 5) is 3.25. The topological polar surface area (TPSA) is 41.8 Å². The number of nitrogens with one attached hydrogen (secondary N) is 1. The first kappa shape index (κ1) is 11.0. The number of fused-ring (bicyclic) bond motifs is 1. The highest BCUT2D eigenvalue weighted by Gasteiger charge is 2.14. The molecule has 0 aliphatic heterocycles. The van der Waals surface area contributed by atoms with Crippen molar-refractivity contribution in [2.24, 2.45) is 5.73 Å². The summed E-state index contributed by atoms with van der Waals surface area (Å²) in [6.07, 6.45) is 0. The minimum absolute atomic E-state index is 0.225. The molecule has 0 radical (unpaired) electrons. The Kier molecular flexibility index (Phi) is 2.61. The van der Waals surface area contributed by atoms with Crippen LogP contribution in [-0.4, -0.2) is 4.98 Å². The van der Waals surface area contributed by atoms with E-state index in [1.165, 1.54) is 6.07 Å². The molecule has 0 bridgehead atoms. The number of benzene rings is 2. The third-order valence-electron chi connectivity index (χ3n) is 3.13. The average Bonchev–Trinajstić information content (AvgIpc) is 2.78. The lowest BCUT2D eigenvalue weighted by molar-refractivity contribution is 0.631. The Labute approximate surface area is 104 Å². The van der Waals surface area contributed by atoms with Crippen molar-refractivity contribution in [1.29, 1.82) is 0 Å². The third kappa shape index (κ3) is 1.60. The van der Waals surface area contributed by atoms with Crippen LogP contribution in [0.4, 0.5) is 4.39 Å². The van der Waals surface area contributed by atoms with Crippen molar-refractivity contribution in [3.8, 4) is 11.1 Å². The van der Waals surface area contributed by atoms with Gasteiger partial charge in [0.25, 0.3) is 0 Å². The van der Waals surface area contributed by atoms with Gasteiger partial charge in [-0.2, -0.15) is 0 Å². The number of aromatic nitrogens is 1. The molecule has 90 valence electrons. The van der Waals surface area contributed by atoms with Crippen molar-refractivity contribution in [1.82, 2.24) is 4.98 Å². The lowest BCUT2D eigenvalue weighted by Crippen LogP contribution is -1.99. The van der Waals surface area contributed by atoms with Crippen molar-refractivity contribution in [2.75, 3.05) is 0 Å². The molecule has 2 nitrogen and oxygen atoms in total. The van der Waals surface area contributed by atoms with Crippen LogP contribution < -0.4 is 5.73 Å². The van der Waals surface area contributed by atoms with E-state index in [4.69, 9.17) is 5.73 Å². The number of rotatable bonds is 2. The van der Waals surface area contributed by atoms with Gasteiger partial charge in [-0.3, -0.25) is 0 Å². The zero-order chi connectivity index (χ0) is 12.5. The fraction of sp³-hybridized carbons (Fsp3) is 0.0667. The lowest BCUT2D eigenvalue weighted by atomic mass is 10.0. The van der Waals surface area contributed by atoms with Crippen LogP contribution in [0.15, 0.2) is 48.5 Å². The Bertz CT molecular complexity index is 701. The molecule has 3 rings (SSSR count). The van der Waals surface area contributed by atoms with E-state index >= 15 is 0 Å². The third-order valence-corrected chi connectivity index (χ3v) is 3.13. The molecule has 18 heavy (non-hydrogen) atoms. The minimum atomic E-state index is -0.225. The summed E-state index contributed by atoms with van der Waals surface area (Å²) in [5, 5.41) is 1.00. The van der Waals surface area contributed by atoms with E-state index in [9.17, 15) is 4.39 Å². The summed E-state index contributed by atoms with van der Waals surface area (Å²) in [5.74, 6) is -0.225. The number of hydrogen-bond acceptors (Lipinski definition) is 1. The summed E-state index contributed by atoms with van der Waals surface area (Å²) < 4.78 is 13.9. The van der Waals surface area contributed by atoms with Gasteiger partial charge < -0.3 is 10.7 Å². The van der Waals surface area contributed by atoms with E-state index in [2.05, 4.69) is 4.98 Å². The second-order valence-corrected chi connectivity index (χ2v) is 4.21. The summed E-state index contributed by atoms with van der Waals surface area (Å²) in [5.41, 5.74) is 9.05. The molecule has 0 amide bonds. The molecule has 0 saturated heterocycles. The van der Waals surface area contributed by atoms with Gasteiger partial charge in [-0.25, -0.2) is 4.39 Å². The van der Waals surface area contributed by atoms with Crippen LogP contribution in [0.5, 0.6) is 0 Å². The zero-order valence-corrected chi connectivity index (χ0v) is 9.78. The fourth-order valence-electron chi connectivity index (χ4n) is 2.32. The van der Waals surface area contributed by atoms with E-state index in [1.807, 2.05) is 30.3 Å². The Morgan fingerprint density at radius 1 is 1.00 bits per heavy atom. The quantitative estimate of drug-likeness (QED) is 0.708. The maximum absolute atomic E-state index is 13.9. The molecule has 1 aromatic heterocycles. The molecule has 3 N–H and O–H groups in total. The highest BCUT2D eigenvalue weighted by atomic mass is 19.1. The Morgan fingerprint density at radius 3 is 2.50 bits per heavy atom. The highest BCUT2D eigenvalue weighted by molar-refractivity contribution is 5.97. The Balaban J connectivity index is 2.37. The number of aromatic amines is 1. The number of nitrogens with two attached hydrogens (primary N) is 1. The fourth-order valence-corrected chi connectivity index (χ4v) is 2.32. The van der Waals surface area contributed by atoms with Gasteiger partial charge in [0.2, 0.25) is 0 Å². The van der Waals surface area contributed by atoms with E-state index < -0.39 is 0 Å². The van der Waals surface area contributed by atoms with Gasteiger partial charge in [0, 0.05) is 34.3 Å². The van der Waals surface area contributed by atoms with Crippen molar-refractivity contribution in [2.45, 2.75) is 6.54 Å². The second kappa shape index (κ2) is 4.27. The normalized spacial score (nSPS) is 11.0. The summed E-state index contributed by atoms with van der Waals surface area (Å²) >= 11 is 0. The van der Waals surface area contributed by atoms with Gasteiger partial charge in [-0.1, -0.05) is 36.4 Å². The van der Waals surface area contributed by atoms with Crippen molar-refractivity contribution in [3.63, 3.8) is 0 Å². The molecule has 2 aromatic carbocycles. The molecule has 0 unspecified atom stereocenters. The molecule has 0 aliphatic rings. The van der Waals surface area contributed by atoms with Crippen LogP contribution >= 0.6 is 0 Å². The van der Waals surface area contributed by atoms with E-state index in [-0.39, 0.29) is 5.82 Å². The monoisotopic (exact) mass is 240 g/mol. The molecule has 1 heterocycles. The van der Waals surface area contributed by atoms with Gasteiger partial charge in [-0.15, -0.1) is 0 Å². The van der Waals surface area contributed by atoms with Gasteiger partial charge in [-0.05, 0) is 12.1 Å². The van der Waals surface area contributed by atoms with Crippen LogP contribution in [0, 0.1) is 5.82 Å². The zero-order valence-electron chi connectivity index (χ0n) is 9.78. The standard InChI is InChI=1S/C15H13FN2/c16-12-7-3-1-5-10(12)15-11-6-2-4-8-13(11)18-14(15)9-17/h1-8,18H,9,17H2. The first-order valence-electron chi connectivity index (χ1n) is 5.86. The van der Waals surface area contributed by atoms with Crippen molar-refractivity contribution >= 4 is 10.9 Å². The van der Waals surface area contributed by atoms with E-state index in [0.717, 1.165) is 22.2 Å². The van der Waals surface area contributed by atoms with Crippen LogP contribution in [0.1, 0.15) is 5.69 Å². The molecule has 3 heteroatoms. The summed E-state index contributed by atoms with van der Waals surface area (Å²) in [6.45, 7) is 0.359. The SMILES string of the molecule is NCc1[nH]c2ccccc2c1-c1ccccc1F. The van der Waals surface area contributed by atoms with Gasteiger partial charge in [0.1, 0.15) is 5.82 Å². The molecule has 0 saturated carbocycles. The predicted octanol–water partition coefficient (Wildman–Crippen LogP) is 3.43. The maximum Gasteiger partial charge on any atom is 0.131 e. The molecule has 0 aliphatic carbocycles. The van der Waals surface area contributed by atoms with Crippen LogP contribution in [0.2, 0.25) is 0 Å². The smallest absolute Gasteiger partial charge is 0.131 e. The average molecular weight is 240 g/mol. The number of H-pyrrole nitrogens is 1. The van der Waals surface area contributed by atoms with E-state index in [1.54, 1.807) is 12.1 Å². The first-order valence-corrected chi connectivity index (χ1v) is 5.86. The van der Waals surface area contributed by atoms with Gasteiger partial charge in [0.15, 0.2) is 0 Å². The Hall–Kier alpha value is -2.13. The molecule has 0 spiro atoms. The van der Waals surface area contributed by atoms with Gasteiger partial charge in [0.05, 0.1) is 0 Å². The van der Waals surface area contributed by atoms with Crippen molar-refractivity contribution in [3.05, 3.63) is 60.0 Å². The van der Waals surface area contributed by atoms with Crippen LogP contribution in [0.3, 0.4) is 0 Å². The molecular weight excluding hydrogens is 227 g/mol. The summed E-state index contributed by atoms with van der Waals surface area (Å²) in [6, 6.07) is 14.6. The van der Waals surface area contributed by atoms with E-state index in [0.29, 0.717) is 12.1 Å². The first-order chi connectivity index (χ1) is 8.81. The predicted molar refractivity (Wildman–Crippen MR) is 71.6 cm³/mol. The lowest BCUT2D eigenvalue weighted by Gasteiger charge is -2.04. The summed E-state index contributed by atoms with van der Waals surface area (Å²) in [7, 11) is 0. The molecule has 0 atom stereocenters. The number of para-hydroxylation sites is 1. The van der Waals surface area contributed by atoms with Crippen LogP contribution in [-0.2, 0) is 6.54 Å². The molecule has 0 fully saturated rings. The molecular formula is C15H13FN2. The minimum Gasteiger partial charge on any atom is -0.357 e. The van der Waals surface area contributed by atoms with Gasteiger partial charge >= 0.3 is 0 Å². The Morgan fingerprint density at radius 2 is 1.72 bits per heavy atom. The maximum atomic E-state index is 13.9. The van der Waals surface area contributed by atoms with Crippen LogP contribution in [0.25, 0.3) is 22.0 Å². The number of halogens is 1. The second-order valence-electron chi connectivity index (χ2n) is 4.21. The molecule has 3 aromatic rings. The largest absolute Gasteiger partial charge is 0.357 e. The number of hydrogen-bond donors (Lipinski definition) is 2. The highest BCUT2D eigenvalue weighted by Crippen LogP contribution is 2.33. The van der Waals surface area contributed by atoms with Crippen molar-refractivity contribution < 1.29 is 4.39 Å².